The van der Waals surface area contributed by atoms with E-state index in [4.69, 9.17) is 4.74 Å². The number of carbonyl (C=O) groups is 2. The molecule has 0 radical (unpaired) electrons. The molecule has 136 valence electrons. The number of rotatable bonds is 1. The van der Waals surface area contributed by atoms with Crippen LogP contribution in [0.25, 0.3) is 0 Å². The van der Waals surface area contributed by atoms with E-state index in [0.717, 1.165) is 37.5 Å². The molecule has 2 bridgehead atoms. The zero-order valence-corrected chi connectivity index (χ0v) is 15.7. The van der Waals surface area contributed by atoms with E-state index in [2.05, 4.69) is 13.8 Å². The normalized spacial score (nSPS) is 44.7. The summed E-state index contributed by atoms with van der Waals surface area (Å²) < 4.78 is 5.09. The molecule has 2 aliphatic carbocycles. The van der Waals surface area contributed by atoms with Crippen molar-refractivity contribution in [1.82, 2.24) is 0 Å². The highest BCUT2D eigenvalue weighted by Gasteiger charge is 2.46. The quantitative estimate of drug-likeness (QED) is 0.484. The molecule has 0 aromatic rings. The zero-order chi connectivity index (χ0) is 17.4. The van der Waals surface area contributed by atoms with Crippen LogP contribution < -0.4 is 0 Å². The highest BCUT2D eigenvalue weighted by Crippen LogP contribution is 2.49. The van der Waals surface area contributed by atoms with Crippen molar-refractivity contribution in [2.75, 3.05) is 0 Å². The van der Waals surface area contributed by atoms with Crippen molar-refractivity contribution >= 4 is 11.9 Å². The van der Waals surface area contributed by atoms with E-state index in [-0.39, 0.29) is 17.9 Å². The van der Waals surface area contributed by atoms with Gasteiger partial charge in [-0.15, -0.1) is 0 Å². The molecule has 3 fully saturated rings. The number of fused-ring (bicyclic) bond motifs is 2. The van der Waals surface area contributed by atoms with Crippen LogP contribution in [0.5, 0.6) is 0 Å². The molecule has 0 N–H and O–H groups in total. The summed E-state index contributed by atoms with van der Waals surface area (Å²) in [6, 6.07) is 0. The van der Waals surface area contributed by atoms with Crippen LogP contribution in [0.2, 0.25) is 0 Å². The molecule has 3 nitrogen and oxygen atoms in total. The van der Waals surface area contributed by atoms with Gasteiger partial charge in [-0.05, 0) is 69.1 Å². The largest absolute Gasteiger partial charge is 0.393 e. The predicted molar refractivity (Wildman–Crippen MR) is 94.2 cm³/mol. The van der Waals surface area contributed by atoms with Gasteiger partial charge in [-0.1, -0.05) is 39.5 Å². The maximum atomic E-state index is 12.2. The van der Waals surface area contributed by atoms with Crippen LogP contribution in [0.1, 0.15) is 91.4 Å². The lowest BCUT2D eigenvalue weighted by Crippen LogP contribution is -2.43. The maximum absolute atomic E-state index is 12.2. The second kappa shape index (κ2) is 6.80. The van der Waals surface area contributed by atoms with Crippen molar-refractivity contribution in [3.05, 3.63) is 0 Å². The fourth-order valence-corrected chi connectivity index (χ4v) is 5.45. The molecule has 1 saturated heterocycles. The molecule has 3 rings (SSSR count). The number of carbonyl (C=O) groups excluding carboxylic acids is 2. The van der Waals surface area contributed by atoms with E-state index in [1.165, 1.54) is 38.5 Å². The SMILES string of the molecule is CC1CCC(C)(C2CCCC3CC(C)(CCC2)C(=O)OC3=O)CC1. The van der Waals surface area contributed by atoms with Crippen molar-refractivity contribution in [3.63, 3.8) is 0 Å². The molecule has 24 heavy (non-hydrogen) atoms. The monoisotopic (exact) mass is 334 g/mol. The van der Waals surface area contributed by atoms with Crippen LogP contribution in [0.3, 0.4) is 0 Å². The minimum Gasteiger partial charge on any atom is -0.393 e. The number of hydrogen-bond acceptors (Lipinski definition) is 3. The molecule has 0 aromatic heterocycles. The van der Waals surface area contributed by atoms with E-state index in [1.807, 2.05) is 6.92 Å². The van der Waals surface area contributed by atoms with Gasteiger partial charge >= 0.3 is 11.9 Å². The van der Waals surface area contributed by atoms with Crippen molar-refractivity contribution in [1.29, 1.82) is 0 Å². The summed E-state index contributed by atoms with van der Waals surface area (Å²) in [6.45, 7) is 6.89. The Labute approximate surface area is 146 Å². The van der Waals surface area contributed by atoms with Crippen molar-refractivity contribution in [2.24, 2.45) is 28.6 Å². The summed E-state index contributed by atoms with van der Waals surface area (Å²) in [4.78, 5) is 24.3. The van der Waals surface area contributed by atoms with E-state index in [9.17, 15) is 9.59 Å². The fraction of sp³-hybridized carbons (Fsp3) is 0.905. The van der Waals surface area contributed by atoms with Gasteiger partial charge in [0, 0.05) is 0 Å². The second-order valence-electron chi connectivity index (χ2n) is 9.53. The summed E-state index contributed by atoms with van der Waals surface area (Å²) in [7, 11) is 0. The van der Waals surface area contributed by atoms with Crippen molar-refractivity contribution in [3.8, 4) is 0 Å². The summed E-state index contributed by atoms with van der Waals surface area (Å²) >= 11 is 0. The van der Waals surface area contributed by atoms with E-state index in [1.54, 1.807) is 0 Å². The fourth-order valence-electron chi connectivity index (χ4n) is 5.45. The average Bonchev–Trinajstić information content (AvgIpc) is 2.54. The lowest BCUT2D eigenvalue weighted by Gasteiger charge is -2.44. The topological polar surface area (TPSA) is 43.4 Å². The first-order chi connectivity index (χ1) is 11.3. The Bertz CT molecular complexity index is 489. The number of cyclic esters (lactones) is 2. The van der Waals surface area contributed by atoms with Crippen molar-refractivity contribution in [2.45, 2.75) is 91.4 Å². The van der Waals surface area contributed by atoms with Gasteiger partial charge in [0.2, 0.25) is 0 Å². The molecular formula is C21H34O3. The summed E-state index contributed by atoms with van der Waals surface area (Å²) in [6.07, 6.45) is 12.5. The lowest BCUT2D eigenvalue weighted by atomic mass is 9.61. The summed E-state index contributed by atoms with van der Waals surface area (Å²) in [5, 5.41) is 0. The van der Waals surface area contributed by atoms with Crippen LogP contribution in [-0.4, -0.2) is 11.9 Å². The molecule has 3 atom stereocenters. The second-order valence-corrected chi connectivity index (χ2v) is 9.53. The zero-order valence-electron chi connectivity index (χ0n) is 15.7. The first-order valence-corrected chi connectivity index (χ1v) is 10.1. The Hall–Kier alpha value is -0.860. The van der Waals surface area contributed by atoms with Crippen LogP contribution in [0, 0.1) is 28.6 Å². The smallest absolute Gasteiger partial charge is 0.319 e. The van der Waals surface area contributed by atoms with Gasteiger partial charge in [0.1, 0.15) is 0 Å². The standard InChI is InChI=1S/C21H34O3/c1-15-9-12-20(2,13-10-15)17-7-4-6-16-14-21(3,11-5-8-17)19(23)24-18(16)22/h15-17H,4-14H2,1-3H3. The van der Waals surface area contributed by atoms with Gasteiger partial charge in [0.05, 0.1) is 11.3 Å². The van der Waals surface area contributed by atoms with E-state index >= 15 is 0 Å². The number of esters is 2. The highest BCUT2D eigenvalue weighted by atomic mass is 16.6. The number of ether oxygens (including phenoxy) is 1. The Kier molecular flexibility index (Phi) is 5.09. The van der Waals surface area contributed by atoms with Crippen molar-refractivity contribution < 1.29 is 14.3 Å². The first kappa shape index (κ1) is 17.9. The van der Waals surface area contributed by atoms with Crippen LogP contribution >= 0.6 is 0 Å². The molecule has 1 aliphatic heterocycles. The Balaban J connectivity index is 1.71. The Morgan fingerprint density at radius 3 is 2.29 bits per heavy atom. The Morgan fingerprint density at radius 2 is 1.58 bits per heavy atom. The Morgan fingerprint density at radius 1 is 0.917 bits per heavy atom. The third kappa shape index (κ3) is 3.55. The predicted octanol–water partition coefficient (Wildman–Crippen LogP) is 5.27. The van der Waals surface area contributed by atoms with Crippen LogP contribution in [0.4, 0.5) is 0 Å². The van der Waals surface area contributed by atoms with E-state index in [0.29, 0.717) is 11.8 Å². The van der Waals surface area contributed by atoms with Gasteiger partial charge in [-0.3, -0.25) is 9.59 Å². The van der Waals surface area contributed by atoms with Gasteiger partial charge in [-0.2, -0.15) is 0 Å². The van der Waals surface area contributed by atoms with Gasteiger partial charge in [0.25, 0.3) is 0 Å². The molecule has 0 amide bonds. The highest BCUT2D eigenvalue weighted by molar-refractivity contribution is 5.92. The number of hydrogen-bond donors (Lipinski definition) is 0. The van der Waals surface area contributed by atoms with Crippen LogP contribution in [0.15, 0.2) is 0 Å². The van der Waals surface area contributed by atoms with Gasteiger partial charge < -0.3 is 4.74 Å². The summed E-state index contributed by atoms with van der Waals surface area (Å²) in [5.41, 5.74) is 0.0225. The minimum absolute atomic E-state index is 0.0642. The molecule has 1 heterocycles. The van der Waals surface area contributed by atoms with Gasteiger partial charge in [0.15, 0.2) is 0 Å². The lowest BCUT2D eigenvalue weighted by molar-refractivity contribution is -0.179. The molecule has 3 heteroatoms. The molecule has 3 aliphatic rings. The minimum atomic E-state index is -0.442. The summed E-state index contributed by atoms with van der Waals surface area (Å²) in [5.74, 6) is 1.01. The third-order valence-corrected chi connectivity index (χ3v) is 7.50. The molecule has 3 unspecified atom stereocenters. The third-order valence-electron chi connectivity index (χ3n) is 7.50. The average molecular weight is 335 g/mol. The van der Waals surface area contributed by atoms with Crippen LogP contribution in [-0.2, 0) is 14.3 Å². The molecule has 0 spiro atoms. The molecule has 0 aromatic carbocycles. The molecule has 2 saturated carbocycles. The molecular weight excluding hydrogens is 300 g/mol. The van der Waals surface area contributed by atoms with E-state index < -0.39 is 5.41 Å². The maximum Gasteiger partial charge on any atom is 0.319 e. The first-order valence-electron chi connectivity index (χ1n) is 10.1. The van der Waals surface area contributed by atoms with Gasteiger partial charge in [-0.25, -0.2) is 0 Å².